The molecule has 0 aliphatic heterocycles. The van der Waals surface area contributed by atoms with Crippen LogP contribution in [-0.2, 0) is 0 Å². The van der Waals surface area contributed by atoms with E-state index >= 15 is 0 Å². The van der Waals surface area contributed by atoms with Crippen LogP contribution >= 0.6 is 0 Å². The minimum atomic E-state index is -4.08. The molecule has 0 aliphatic carbocycles. The summed E-state index contributed by atoms with van der Waals surface area (Å²) in [7, 11) is 0. The van der Waals surface area contributed by atoms with Gasteiger partial charge in [0.25, 0.3) is 0 Å². The molecule has 1 atom stereocenters. The Balaban J connectivity index is 3.36. The maximum absolute atomic E-state index is 11.7. The molecular formula is C9H18F3N. The van der Waals surface area contributed by atoms with E-state index in [1.165, 1.54) is 0 Å². The van der Waals surface area contributed by atoms with Crippen LogP contribution in [0.25, 0.3) is 0 Å². The van der Waals surface area contributed by atoms with Crippen LogP contribution in [0.4, 0.5) is 13.2 Å². The molecule has 80 valence electrons. The molecule has 0 fully saturated rings. The SMILES string of the molecule is CC(C)C(C)CCNCC(F)(F)F. The van der Waals surface area contributed by atoms with Crippen LogP contribution < -0.4 is 5.32 Å². The van der Waals surface area contributed by atoms with Crippen LogP contribution in [0.3, 0.4) is 0 Å². The predicted octanol–water partition coefficient (Wildman–Crippen LogP) is 2.82. The van der Waals surface area contributed by atoms with Crippen molar-refractivity contribution >= 4 is 0 Å². The minimum absolute atomic E-state index is 0.443. The van der Waals surface area contributed by atoms with E-state index in [1.54, 1.807) is 0 Å². The highest BCUT2D eigenvalue weighted by atomic mass is 19.4. The van der Waals surface area contributed by atoms with Crippen LogP contribution in [0.1, 0.15) is 27.2 Å². The number of nitrogens with one attached hydrogen (secondary N) is 1. The second kappa shape index (κ2) is 5.47. The molecule has 1 N–H and O–H groups in total. The lowest BCUT2D eigenvalue weighted by molar-refractivity contribution is -0.124. The first kappa shape index (κ1) is 12.8. The Morgan fingerprint density at radius 3 is 2.08 bits per heavy atom. The number of alkyl halides is 3. The van der Waals surface area contributed by atoms with Crippen LogP contribution in [0.15, 0.2) is 0 Å². The van der Waals surface area contributed by atoms with Gasteiger partial charge in [-0.1, -0.05) is 20.8 Å². The standard InChI is InChI=1S/C9H18F3N/c1-7(2)8(3)4-5-13-6-9(10,11)12/h7-8,13H,4-6H2,1-3H3. The largest absolute Gasteiger partial charge is 0.401 e. The molecule has 0 saturated heterocycles. The summed E-state index contributed by atoms with van der Waals surface area (Å²) in [4.78, 5) is 0. The Kier molecular flexibility index (Phi) is 5.37. The molecule has 0 aromatic carbocycles. The van der Waals surface area contributed by atoms with Crippen LogP contribution in [0.5, 0.6) is 0 Å². The summed E-state index contributed by atoms with van der Waals surface area (Å²) in [6, 6.07) is 0. The first-order chi connectivity index (χ1) is 5.83. The van der Waals surface area contributed by atoms with Crippen molar-refractivity contribution in [1.82, 2.24) is 5.32 Å². The highest BCUT2D eigenvalue weighted by Gasteiger charge is 2.26. The Labute approximate surface area is 77.7 Å². The van der Waals surface area contributed by atoms with E-state index in [0.717, 1.165) is 6.42 Å². The fourth-order valence-corrected chi connectivity index (χ4v) is 0.893. The molecule has 0 heterocycles. The molecular weight excluding hydrogens is 179 g/mol. The van der Waals surface area contributed by atoms with Gasteiger partial charge in [0, 0.05) is 0 Å². The van der Waals surface area contributed by atoms with Crippen molar-refractivity contribution < 1.29 is 13.2 Å². The van der Waals surface area contributed by atoms with E-state index in [1.807, 2.05) is 0 Å². The Hall–Kier alpha value is -0.250. The van der Waals surface area contributed by atoms with Gasteiger partial charge in [0.05, 0.1) is 6.54 Å². The normalized spacial score (nSPS) is 15.0. The van der Waals surface area contributed by atoms with Gasteiger partial charge < -0.3 is 5.32 Å². The first-order valence-electron chi connectivity index (χ1n) is 4.60. The predicted molar refractivity (Wildman–Crippen MR) is 47.5 cm³/mol. The fourth-order valence-electron chi connectivity index (χ4n) is 0.893. The van der Waals surface area contributed by atoms with Gasteiger partial charge in [-0.3, -0.25) is 0 Å². The van der Waals surface area contributed by atoms with Crippen LogP contribution in [-0.4, -0.2) is 19.3 Å². The second-order valence-corrected chi connectivity index (χ2v) is 3.80. The quantitative estimate of drug-likeness (QED) is 0.668. The number of hydrogen-bond donors (Lipinski definition) is 1. The van der Waals surface area contributed by atoms with E-state index in [9.17, 15) is 13.2 Å². The van der Waals surface area contributed by atoms with Crippen molar-refractivity contribution in [3.8, 4) is 0 Å². The molecule has 0 radical (unpaired) electrons. The summed E-state index contributed by atoms with van der Waals surface area (Å²) in [5, 5.41) is 2.39. The van der Waals surface area contributed by atoms with Crippen molar-refractivity contribution in [2.75, 3.05) is 13.1 Å². The maximum atomic E-state index is 11.7. The van der Waals surface area contributed by atoms with Crippen LogP contribution in [0.2, 0.25) is 0 Å². The van der Waals surface area contributed by atoms with Gasteiger partial charge in [0.1, 0.15) is 0 Å². The van der Waals surface area contributed by atoms with Crippen molar-refractivity contribution in [3.05, 3.63) is 0 Å². The van der Waals surface area contributed by atoms with Crippen molar-refractivity contribution in [2.24, 2.45) is 11.8 Å². The molecule has 0 saturated carbocycles. The lowest BCUT2D eigenvalue weighted by Crippen LogP contribution is -2.30. The Morgan fingerprint density at radius 1 is 1.15 bits per heavy atom. The van der Waals surface area contributed by atoms with Gasteiger partial charge in [-0.05, 0) is 24.8 Å². The molecule has 13 heavy (non-hydrogen) atoms. The van der Waals surface area contributed by atoms with Gasteiger partial charge in [-0.15, -0.1) is 0 Å². The van der Waals surface area contributed by atoms with Gasteiger partial charge in [0.15, 0.2) is 0 Å². The average Bonchev–Trinajstić information content (AvgIpc) is 1.95. The summed E-state index contributed by atoms with van der Waals surface area (Å²) in [6.45, 7) is 5.78. The summed E-state index contributed by atoms with van der Waals surface area (Å²) in [5.41, 5.74) is 0. The van der Waals surface area contributed by atoms with Gasteiger partial charge >= 0.3 is 6.18 Å². The third kappa shape index (κ3) is 8.09. The average molecular weight is 197 g/mol. The highest BCUT2D eigenvalue weighted by molar-refractivity contribution is 4.61. The van der Waals surface area contributed by atoms with E-state index < -0.39 is 12.7 Å². The zero-order valence-corrected chi connectivity index (χ0v) is 8.41. The zero-order valence-electron chi connectivity index (χ0n) is 8.41. The molecule has 0 amide bonds. The number of halogens is 3. The van der Waals surface area contributed by atoms with E-state index in [4.69, 9.17) is 0 Å². The first-order valence-corrected chi connectivity index (χ1v) is 4.60. The van der Waals surface area contributed by atoms with E-state index in [2.05, 4.69) is 26.1 Å². The molecule has 0 aromatic heterocycles. The van der Waals surface area contributed by atoms with Crippen molar-refractivity contribution in [3.63, 3.8) is 0 Å². The Morgan fingerprint density at radius 2 is 1.69 bits per heavy atom. The summed E-state index contributed by atoms with van der Waals surface area (Å²) in [6.07, 6.45) is -3.28. The molecule has 4 heteroatoms. The molecule has 0 aliphatic rings. The third-order valence-electron chi connectivity index (χ3n) is 2.24. The van der Waals surface area contributed by atoms with Gasteiger partial charge in [-0.2, -0.15) is 13.2 Å². The second-order valence-electron chi connectivity index (χ2n) is 3.80. The molecule has 0 bridgehead atoms. The van der Waals surface area contributed by atoms with Crippen molar-refractivity contribution in [1.29, 1.82) is 0 Å². The molecule has 0 spiro atoms. The summed E-state index contributed by atoms with van der Waals surface area (Å²) >= 11 is 0. The van der Waals surface area contributed by atoms with E-state index in [0.29, 0.717) is 18.4 Å². The topological polar surface area (TPSA) is 12.0 Å². The number of hydrogen-bond acceptors (Lipinski definition) is 1. The molecule has 1 unspecified atom stereocenters. The van der Waals surface area contributed by atoms with Crippen LogP contribution in [0, 0.1) is 11.8 Å². The zero-order chi connectivity index (χ0) is 10.5. The smallest absolute Gasteiger partial charge is 0.309 e. The fraction of sp³-hybridized carbons (Fsp3) is 1.00. The van der Waals surface area contributed by atoms with Gasteiger partial charge in [-0.25, -0.2) is 0 Å². The van der Waals surface area contributed by atoms with Gasteiger partial charge in [0.2, 0.25) is 0 Å². The highest BCUT2D eigenvalue weighted by Crippen LogP contribution is 2.14. The third-order valence-corrected chi connectivity index (χ3v) is 2.24. The number of rotatable bonds is 5. The minimum Gasteiger partial charge on any atom is -0.309 e. The molecule has 0 aromatic rings. The van der Waals surface area contributed by atoms with Crippen molar-refractivity contribution in [2.45, 2.75) is 33.4 Å². The summed E-state index contributed by atoms with van der Waals surface area (Å²) in [5.74, 6) is 1.01. The molecule has 0 rings (SSSR count). The monoisotopic (exact) mass is 197 g/mol. The maximum Gasteiger partial charge on any atom is 0.401 e. The lowest BCUT2D eigenvalue weighted by atomic mass is 9.95. The Bertz CT molecular complexity index is 131. The lowest BCUT2D eigenvalue weighted by Gasteiger charge is -2.15. The molecule has 1 nitrogen and oxygen atoms in total. The van der Waals surface area contributed by atoms with E-state index in [-0.39, 0.29) is 0 Å². The summed E-state index contributed by atoms with van der Waals surface area (Å²) < 4.78 is 35.0.